The average molecular weight is 324 g/mol. The van der Waals surface area contributed by atoms with Crippen molar-refractivity contribution in [1.29, 1.82) is 0 Å². The molecule has 1 heterocycles. The van der Waals surface area contributed by atoms with Crippen LogP contribution < -0.4 is 11.0 Å². The summed E-state index contributed by atoms with van der Waals surface area (Å²) in [6, 6.07) is 0. The third-order valence-corrected chi connectivity index (χ3v) is 4.70. The molecule has 1 aromatic rings. The van der Waals surface area contributed by atoms with Crippen LogP contribution >= 0.6 is 11.8 Å². The maximum atomic E-state index is 12.3. The molecule has 0 spiro atoms. The third kappa shape index (κ3) is 4.10. The number of carbonyl (C=O) groups excluding carboxylic acids is 1. The monoisotopic (exact) mass is 324 g/mol. The highest BCUT2D eigenvalue weighted by Crippen LogP contribution is 2.28. The van der Waals surface area contributed by atoms with E-state index >= 15 is 0 Å². The van der Waals surface area contributed by atoms with Crippen LogP contribution in [0.25, 0.3) is 0 Å². The van der Waals surface area contributed by atoms with Gasteiger partial charge in [-0.1, -0.05) is 11.8 Å². The largest absolute Gasteiger partial charge is 0.356 e. The maximum Gasteiger partial charge on any atom is 0.348 e. The van der Waals surface area contributed by atoms with Gasteiger partial charge in [-0.2, -0.15) is 4.98 Å². The van der Waals surface area contributed by atoms with E-state index in [1.165, 1.54) is 11.8 Å². The van der Waals surface area contributed by atoms with Crippen molar-refractivity contribution in [3.8, 4) is 0 Å². The van der Waals surface area contributed by atoms with Crippen molar-refractivity contribution in [3.63, 3.8) is 0 Å². The minimum atomic E-state index is -0.194. The van der Waals surface area contributed by atoms with Gasteiger partial charge in [-0.3, -0.25) is 9.36 Å². The molecule has 2 rings (SSSR count). The van der Waals surface area contributed by atoms with E-state index in [2.05, 4.69) is 15.2 Å². The Morgan fingerprint density at radius 1 is 1.41 bits per heavy atom. The molecule has 0 unspecified atom stereocenters. The van der Waals surface area contributed by atoms with Crippen LogP contribution in [0.4, 0.5) is 0 Å². The van der Waals surface area contributed by atoms with E-state index in [0.29, 0.717) is 18.8 Å². The molecular formula is C15H24N4O2S. The second kappa shape index (κ2) is 7.78. The number of hydrogen-bond acceptors (Lipinski definition) is 5. The first-order valence-corrected chi connectivity index (χ1v) is 8.68. The van der Waals surface area contributed by atoms with E-state index in [4.69, 9.17) is 0 Å². The molecule has 1 aliphatic rings. The van der Waals surface area contributed by atoms with Crippen molar-refractivity contribution in [2.75, 3.05) is 32.9 Å². The highest BCUT2D eigenvalue weighted by atomic mass is 32.2. The van der Waals surface area contributed by atoms with Crippen LogP contribution in [-0.4, -0.2) is 53.3 Å². The number of aromatic nitrogens is 2. The van der Waals surface area contributed by atoms with E-state index in [0.717, 1.165) is 42.1 Å². The normalized spacial score (nSPS) is 13.5. The number of fused-ring (bicyclic) bond motifs is 1. The zero-order valence-electron chi connectivity index (χ0n) is 13.5. The SMILES string of the molecule is CCNC(=O)CSc1nc(=O)n(CCN(C)C)c2c1CCC2. The second-order valence-electron chi connectivity index (χ2n) is 5.68. The second-order valence-corrected chi connectivity index (χ2v) is 6.64. The minimum absolute atomic E-state index is 0.0159. The van der Waals surface area contributed by atoms with Crippen molar-refractivity contribution in [3.05, 3.63) is 21.7 Å². The zero-order valence-corrected chi connectivity index (χ0v) is 14.3. The summed E-state index contributed by atoms with van der Waals surface area (Å²) in [7, 11) is 3.99. The third-order valence-electron chi connectivity index (χ3n) is 3.69. The lowest BCUT2D eigenvalue weighted by Crippen LogP contribution is -2.31. The predicted octanol–water partition coefficient (Wildman–Crippen LogP) is 0.522. The van der Waals surface area contributed by atoms with Gasteiger partial charge in [0, 0.05) is 30.9 Å². The summed E-state index contributed by atoms with van der Waals surface area (Å²) in [5.41, 5.74) is 2.08. The molecule has 0 atom stereocenters. The number of amides is 1. The van der Waals surface area contributed by atoms with Crippen LogP contribution in [0.1, 0.15) is 24.6 Å². The molecule has 6 nitrogen and oxygen atoms in total. The lowest BCUT2D eigenvalue weighted by atomic mass is 10.2. The number of hydrogen-bond donors (Lipinski definition) is 1. The Morgan fingerprint density at radius 3 is 2.86 bits per heavy atom. The lowest BCUT2D eigenvalue weighted by molar-refractivity contribution is -0.118. The summed E-state index contributed by atoms with van der Waals surface area (Å²) in [5.74, 6) is 0.298. The number of nitrogens with one attached hydrogen (secondary N) is 1. The molecule has 0 aromatic carbocycles. The molecule has 0 aliphatic heterocycles. The molecule has 0 fully saturated rings. The van der Waals surface area contributed by atoms with Gasteiger partial charge < -0.3 is 10.2 Å². The Bertz CT molecular complexity index is 598. The molecule has 7 heteroatoms. The van der Waals surface area contributed by atoms with Crippen molar-refractivity contribution in [1.82, 2.24) is 19.8 Å². The van der Waals surface area contributed by atoms with E-state index in [1.807, 2.05) is 21.0 Å². The average Bonchev–Trinajstić information content (AvgIpc) is 2.93. The zero-order chi connectivity index (χ0) is 16.1. The Kier molecular flexibility index (Phi) is 6.02. The molecular weight excluding hydrogens is 300 g/mol. The van der Waals surface area contributed by atoms with Crippen molar-refractivity contribution in [2.45, 2.75) is 37.8 Å². The van der Waals surface area contributed by atoms with Gasteiger partial charge in [-0.25, -0.2) is 4.79 Å². The van der Waals surface area contributed by atoms with Gasteiger partial charge in [0.1, 0.15) is 5.03 Å². The highest BCUT2D eigenvalue weighted by Gasteiger charge is 2.22. The molecule has 22 heavy (non-hydrogen) atoms. The molecule has 1 aromatic heterocycles. The fourth-order valence-corrected chi connectivity index (χ4v) is 3.52. The van der Waals surface area contributed by atoms with Crippen molar-refractivity contribution >= 4 is 17.7 Å². The Hall–Kier alpha value is -1.34. The summed E-state index contributed by atoms with van der Waals surface area (Å²) in [5, 5.41) is 3.51. The molecule has 1 aliphatic carbocycles. The van der Waals surface area contributed by atoms with Gasteiger partial charge in [-0.05, 0) is 40.3 Å². The van der Waals surface area contributed by atoms with Gasteiger partial charge in [0.25, 0.3) is 0 Å². The molecule has 0 bridgehead atoms. The summed E-state index contributed by atoms with van der Waals surface area (Å²) in [4.78, 5) is 30.2. The number of rotatable bonds is 7. The predicted molar refractivity (Wildman–Crippen MR) is 88.5 cm³/mol. The van der Waals surface area contributed by atoms with Crippen LogP contribution in [0, 0.1) is 0 Å². The van der Waals surface area contributed by atoms with Gasteiger partial charge in [0.2, 0.25) is 5.91 Å². The van der Waals surface area contributed by atoms with Crippen LogP contribution in [0.15, 0.2) is 9.82 Å². The Balaban J connectivity index is 2.19. The minimum Gasteiger partial charge on any atom is -0.356 e. The van der Waals surface area contributed by atoms with Gasteiger partial charge in [-0.15, -0.1) is 0 Å². The summed E-state index contributed by atoms with van der Waals surface area (Å²) in [6.45, 7) is 4.00. The number of carbonyl (C=O) groups is 1. The van der Waals surface area contributed by atoms with Gasteiger partial charge >= 0.3 is 5.69 Å². The Labute approximate surface area is 135 Å². The maximum absolute atomic E-state index is 12.3. The summed E-state index contributed by atoms with van der Waals surface area (Å²) in [6.07, 6.45) is 2.93. The molecule has 1 amide bonds. The first-order valence-electron chi connectivity index (χ1n) is 7.69. The van der Waals surface area contributed by atoms with Gasteiger partial charge in [0.05, 0.1) is 5.75 Å². The standard InChI is InChI=1S/C15H24N4O2S/c1-4-16-13(20)10-22-14-11-6-5-7-12(11)19(15(21)17-14)9-8-18(2)3/h4-10H2,1-3H3,(H,16,20). The molecule has 0 saturated carbocycles. The molecule has 1 N–H and O–H groups in total. The van der Waals surface area contributed by atoms with E-state index in [1.54, 1.807) is 4.57 Å². The van der Waals surface area contributed by atoms with E-state index in [9.17, 15) is 9.59 Å². The van der Waals surface area contributed by atoms with Crippen LogP contribution in [0.5, 0.6) is 0 Å². The summed E-state index contributed by atoms with van der Waals surface area (Å²) < 4.78 is 1.80. The number of thioether (sulfide) groups is 1. The van der Waals surface area contributed by atoms with Gasteiger partial charge in [0.15, 0.2) is 0 Å². The van der Waals surface area contributed by atoms with Crippen molar-refractivity contribution in [2.24, 2.45) is 0 Å². The molecule has 122 valence electrons. The number of nitrogens with zero attached hydrogens (tertiary/aromatic N) is 3. The molecule has 0 radical (unpaired) electrons. The smallest absolute Gasteiger partial charge is 0.348 e. The quantitative estimate of drug-likeness (QED) is 0.585. The first kappa shape index (κ1) is 17.0. The highest BCUT2D eigenvalue weighted by molar-refractivity contribution is 7.99. The van der Waals surface area contributed by atoms with Crippen LogP contribution in [0.3, 0.4) is 0 Å². The number of likely N-dealkylation sites (N-methyl/N-ethyl adjacent to an activating group) is 1. The lowest BCUT2D eigenvalue weighted by Gasteiger charge is -2.16. The molecule has 0 saturated heterocycles. The van der Waals surface area contributed by atoms with E-state index < -0.39 is 0 Å². The fraction of sp³-hybridized carbons (Fsp3) is 0.667. The van der Waals surface area contributed by atoms with Crippen LogP contribution in [0.2, 0.25) is 0 Å². The van der Waals surface area contributed by atoms with Crippen LogP contribution in [-0.2, 0) is 24.2 Å². The first-order chi connectivity index (χ1) is 10.5. The fourth-order valence-electron chi connectivity index (χ4n) is 2.62. The Morgan fingerprint density at radius 2 is 2.18 bits per heavy atom. The van der Waals surface area contributed by atoms with Crippen molar-refractivity contribution < 1.29 is 4.79 Å². The topological polar surface area (TPSA) is 67.2 Å². The van der Waals surface area contributed by atoms with E-state index in [-0.39, 0.29) is 11.6 Å². The summed E-state index contributed by atoms with van der Waals surface area (Å²) >= 11 is 1.37.